The van der Waals surface area contributed by atoms with Crippen molar-refractivity contribution in [2.24, 2.45) is 5.41 Å². The van der Waals surface area contributed by atoms with Gasteiger partial charge in [-0.05, 0) is 61.9 Å². The molecule has 0 aromatic heterocycles. The average Bonchev–Trinajstić information content (AvgIpc) is 2.72. The molecule has 4 aliphatic rings. The van der Waals surface area contributed by atoms with E-state index in [1.54, 1.807) is 25.1 Å². The van der Waals surface area contributed by atoms with Crippen molar-refractivity contribution in [3.8, 4) is 11.5 Å². The molecule has 0 saturated heterocycles. The second-order valence-electron chi connectivity index (χ2n) is 9.90. The van der Waals surface area contributed by atoms with Crippen LogP contribution in [0.25, 0.3) is 0 Å². The molecule has 178 valence electrons. The number of fused-ring (bicyclic) bond motifs is 1. The molecule has 3 aliphatic carbocycles. The maximum Gasteiger partial charge on any atom is 0.258 e. The Morgan fingerprint density at radius 1 is 1.15 bits per heavy atom. The lowest BCUT2D eigenvalue weighted by Crippen LogP contribution is -2.75. The number of Topliss-reactive ketones (excluding diaryl/α,β-unsaturated/α-hetero) is 2. The van der Waals surface area contributed by atoms with Gasteiger partial charge in [-0.25, -0.2) is 4.39 Å². The lowest BCUT2D eigenvalue weighted by atomic mass is 9.38. The van der Waals surface area contributed by atoms with Gasteiger partial charge in [0.2, 0.25) is 0 Å². The van der Waals surface area contributed by atoms with Crippen LogP contribution in [0, 0.1) is 11.2 Å². The summed E-state index contributed by atoms with van der Waals surface area (Å²) in [5, 5.41) is 3.40. The van der Waals surface area contributed by atoms with Crippen LogP contribution in [0.4, 0.5) is 4.39 Å². The van der Waals surface area contributed by atoms with Gasteiger partial charge in [0.25, 0.3) is 5.91 Å². The van der Waals surface area contributed by atoms with Gasteiger partial charge < -0.3 is 14.8 Å². The molecule has 1 aliphatic heterocycles. The number of carbonyl (C=O) groups is 3. The molecule has 2 aromatic rings. The van der Waals surface area contributed by atoms with Crippen molar-refractivity contribution in [2.75, 3.05) is 6.61 Å². The summed E-state index contributed by atoms with van der Waals surface area (Å²) < 4.78 is 24.8. The molecule has 6 nitrogen and oxygen atoms in total. The summed E-state index contributed by atoms with van der Waals surface area (Å²) in [4.78, 5) is 38.1. The van der Waals surface area contributed by atoms with Gasteiger partial charge in [0, 0.05) is 23.0 Å². The van der Waals surface area contributed by atoms with Crippen molar-refractivity contribution in [3.05, 3.63) is 57.8 Å². The summed E-state index contributed by atoms with van der Waals surface area (Å²) in [5.41, 5.74) is -1.33. The fourth-order valence-electron chi connectivity index (χ4n) is 5.54. The van der Waals surface area contributed by atoms with Crippen LogP contribution in [0.5, 0.6) is 11.5 Å². The summed E-state index contributed by atoms with van der Waals surface area (Å²) in [6, 6.07) is 8.79. The highest BCUT2D eigenvalue weighted by atomic mass is 35.5. The number of ketones is 2. The zero-order chi connectivity index (χ0) is 24.3. The number of benzene rings is 2. The second kappa shape index (κ2) is 7.95. The molecule has 1 heterocycles. The van der Waals surface area contributed by atoms with Gasteiger partial charge in [-0.1, -0.05) is 23.2 Å². The van der Waals surface area contributed by atoms with Crippen LogP contribution in [-0.2, 0) is 9.59 Å². The number of halogens is 3. The Morgan fingerprint density at radius 3 is 2.59 bits per heavy atom. The minimum absolute atomic E-state index is 0.0176. The van der Waals surface area contributed by atoms with E-state index in [4.69, 9.17) is 32.7 Å². The number of carbonyl (C=O) groups excluding carboxylic acids is 3. The summed E-state index contributed by atoms with van der Waals surface area (Å²) in [6.07, 6.45) is 2.31. The Labute approximate surface area is 205 Å². The van der Waals surface area contributed by atoms with E-state index < -0.39 is 11.4 Å². The molecular formula is C25H22Cl2FNO5. The number of ether oxygens (including phenoxy) is 2. The zero-order valence-corrected chi connectivity index (χ0v) is 19.9. The lowest BCUT2D eigenvalue weighted by molar-refractivity contribution is -0.178. The zero-order valence-electron chi connectivity index (χ0n) is 18.4. The number of hydrogen-bond donors (Lipinski definition) is 1. The third kappa shape index (κ3) is 4.05. The molecule has 3 saturated carbocycles. The van der Waals surface area contributed by atoms with Gasteiger partial charge in [-0.2, -0.15) is 0 Å². The maximum atomic E-state index is 13.5. The van der Waals surface area contributed by atoms with Gasteiger partial charge in [-0.3, -0.25) is 14.4 Å². The van der Waals surface area contributed by atoms with Crippen molar-refractivity contribution in [3.63, 3.8) is 0 Å². The van der Waals surface area contributed by atoms with E-state index >= 15 is 0 Å². The number of amides is 1. The molecule has 6 rings (SSSR count). The predicted octanol–water partition coefficient (Wildman–Crippen LogP) is 4.93. The molecule has 1 atom stereocenters. The van der Waals surface area contributed by atoms with Crippen molar-refractivity contribution < 1.29 is 28.2 Å². The fraction of sp³-hybridized carbons (Fsp3) is 0.400. The highest BCUT2D eigenvalue weighted by molar-refractivity contribution is 6.31. The van der Waals surface area contributed by atoms with E-state index in [1.165, 1.54) is 12.1 Å². The SMILES string of the molecule is CC1(C(=O)CC23CC(NC(=O)COc4ccc(Cl)c(F)c4)(C2)C3)CC(=O)c2cc(Cl)ccc2O1. The van der Waals surface area contributed by atoms with E-state index in [2.05, 4.69) is 5.32 Å². The van der Waals surface area contributed by atoms with Crippen molar-refractivity contribution >= 4 is 40.7 Å². The lowest BCUT2D eigenvalue weighted by Gasteiger charge is -2.71. The smallest absolute Gasteiger partial charge is 0.258 e. The van der Waals surface area contributed by atoms with Gasteiger partial charge >= 0.3 is 0 Å². The molecule has 1 unspecified atom stereocenters. The minimum atomic E-state index is -1.22. The first-order chi connectivity index (χ1) is 16.0. The third-order valence-corrected chi connectivity index (χ3v) is 7.55. The molecule has 2 bridgehead atoms. The van der Waals surface area contributed by atoms with Gasteiger partial charge in [-0.15, -0.1) is 0 Å². The molecule has 9 heteroatoms. The van der Waals surface area contributed by atoms with E-state index in [-0.39, 0.29) is 58.6 Å². The third-order valence-electron chi connectivity index (χ3n) is 7.01. The van der Waals surface area contributed by atoms with Gasteiger partial charge in [0.1, 0.15) is 17.3 Å². The molecule has 3 fully saturated rings. The second-order valence-corrected chi connectivity index (χ2v) is 10.7. The first-order valence-electron chi connectivity index (χ1n) is 10.9. The fourth-order valence-corrected chi connectivity index (χ4v) is 5.83. The molecule has 1 amide bonds. The van der Waals surface area contributed by atoms with Crippen molar-refractivity contribution in [1.82, 2.24) is 5.32 Å². The van der Waals surface area contributed by atoms with Crippen LogP contribution in [0.3, 0.4) is 0 Å². The van der Waals surface area contributed by atoms with Gasteiger partial charge in [0.15, 0.2) is 23.8 Å². The predicted molar refractivity (Wildman–Crippen MR) is 123 cm³/mol. The first kappa shape index (κ1) is 23.1. The van der Waals surface area contributed by atoms with Crippen LogP contribution >= 0.6 is 23.2 Å². The van der Waals surface area contributed by atoms with E-state index in [0.717, 1.165) is 6.07 Å². The highest BCUT2D eigenvalue weighted by Gasteiger charge is 2.69. The van der Waals surface area contributed by atoms with Crippen molar-refractivity contribution in [1.29, 1.82) is 0 Å². The Hall–Kier alpha value is -2.64. The monoisotopic (exact) mass is 505 g/mol. The minimum Gasteiger partial charge on any atom is -0.484 e. The molecule has 0 spiro atoms. The van der Waals surface area contributed by atoms with E-state index in [1.807, 2.05) is 0 Å². The van der Waals surface area contributed by atoms with E-state index in [9.17, 15) is 18.8 Å². The molecule has 34 heavy (non-hydrogen) atoms. The van der Waals surface area contributed by atoms with Crippen LogP contribution in [0.15, 0.2) is 36.4 Å². The molecule has 0 radical (unpaired) electrons. The Morgan fingerprint density at radius 2 is 1.88 bits per heavy atom. The van der Waals surface area contributed by atoms with Crippen LogP contribution < -0.4 is 14.8 Å². The van der Waals surface area contributed by atoms with Crippen LogP contribution in [0.2, 0.25) is 10.0 Å². The van der Waals surface area contributed by atoms with E-state index in [0.29, 0.717) is 35.6 Å². The van der Waals surface area contributed by atoms with Crippen LogP contribution in [-0.4, -0.2) is 35.2 Å². The molecule has 2 aromatic carbocycles. The summed E-state index contributed by atoms with van der Waals surface area (Å²) in [5.74, 6) is -0.612. The Kier molecular flexibility index (Phi) is 5.41. The average molecular weight is 506 g/mol. The summed E-state index contributed by atoms with van der Waals surface area (Å²) in [7, 11) is 0. The quantitative estimate of drug-likeness (QED) is 0.576. The van der Waals surface area contributed by atoms with Crippen molar-refractivity contribution in [2.45, 2.75) is 50.2 Å². The highest BCUT2D eigenvalue weighted by Crippen LogP contribution is 2.69. The summed E-state index contributed by atoms with van der Waals surface area (Å²) in [6.45, 7) is 1.41. The molecule has 1 N–H and O–H groups in total. The van der Waals surface area contributed by atoms with Gasteiger partial charge in [0.05, 0.1) is 17.0 Å². The van der Waals surface area contributed by atoms with Crippen LogP contribution in [0.1, 0.15) is 49.4 Å². The number of nitrogens with one attached hydrogen (secondary N) is 1. The standard InChI is InChI=1S/C25H22Cl2FNO5/c1-23(8-19(30)16-6-14(26)2-5-20(16)34-23)21(31)9-24-11-25(12-24,13-24)29-22(32)10-33-15-3-4-17(27)18(28)7-15/h2-7H,8-13H2,1H3,(H,29,32). The Bertz CT molecular complexity index is 1210. The number of rotatable bonds is 7. The molecular weight excluding hydrogens is 484 g/mol. The number of hydrogen-bond acceptors (Lipinski definition) is 5. The normalized spacial score (nSPS) is 28.6. The largest absolute Gasteiger partial charge is 0.484 e. The first-order valence-corrected chi connectivity index (χ1v) is 11.7. The topological polar surface area (TPSA) is 81.7 Å². The summed E-state index contributed by atoms with van der Waals surface area (Å²) >= 11 is 11.6. The Balaban J connectivity index is 1.13. The maximum absolute atomic E-state index is 13.5.